The molecular formula is C44H28N2. The first-order valence-electron chi connectivity index (χ1n) is 15.9. The lowest BCUT2D eigenvalue weighted by molar-refractivity contribution is 0.769. The number of aromatic nitrogens is 2. The van der Waals surface area contributed by atoms with Gasteiger partial charge in [-0.2, -0.15) is 0 Å². The van der Waals surface area contributed by atoms with Crippen molar-refractivity contribution in [3.05, 3.63) is 192 Å². The van der Waals surface area contributed by atoms with E-state index in [2.05, 4.69) is 168 Å². The minimum Gasteiger partial charge on any atom is -0.307 e. The number of pyridine rings is 1. The topological polar surface area (TPSA) is 17.8 Å². The highest BCUT2D eigenvalue weighted by atomic mass is 15.0. The Morgan fingerprint density at radius 2 is 1.09 bits per heavy atom. The molecule has 0 N–H and O–H groups in total. The fourth-order valence-corrected chi connectivity index (χ4v) is 8.24. The van der Waals surface area contributed by atoms with Crippen molar-refractivity contribution in [2.75, 3.05) is 0 Å². The molecule has 0 saturated carbocycles. The fourth-order valence-electron chi connectivity index (χ4n) is 8.24. The van der Waals surface area contributed by atoms with Crippen molar-refractivity contribution in [1.82, 2.24) is 9.55 Å². The predicted octanol–water partition coefficient (Wildman–Crippen LogP) is 10.8. The number of benzene rings is 7. The second kappa shape index (κ2) is 9.50. The van der Waals surface area contributed by atoms with Crippen LogP contribution in [0, 0.1) is 0 Å². The number of fused-ring (bicyclic) bond motifs is 9. The summed E-state index contributed by atoms with van der Waals surface area (Å²) < 4.78 is 2.44. The average molecular weight is 585 g/mol. The van der Waals surface area contributed by atoms with Crippen molar-refractivity contribution >= 4 is 43.5 Å². The van der Waals surface area contributed by atoms with Crippen LogP contribution in [0.15, 0.2) is 170 Å². The third-order valence-electron chi connectivity index (χ3n) is 10.1. The first-order chi connectivity index (χ1) is 22.8. The smallest absolute Gasteiger partial charge is 0.0963 e. The molecule has 0 aliphatic heterocycles. The van der Waals surface area contributed by atoms with Crippen LogP contribution >= 0.6 is 0 Å². The summed E-state index contributed by atoms with van der Waals surface area (Å²) >= 11 is 0. The Balaban J connectivity index is 1.39. The van der Waals surface area contributed by atoms with Gasteiger partial charge in [-0.1, -0.05) is 133 Å². The molecule has 0 atom stereocenters. The Bertz CT molecular complexity index is 2590. The van der Waals surface area contributed by atoms with Gasteiger partial charge in [-0.3, -0.25) is 4.98 Å². The number of nitrogens with zero attached hydrogens (tertiary/aromatic N) is 2. The molecule has 2 heteroatoms. The van der Waals surface area contributed by atoms with E-state index < -0.39 is 5.41 Å². The van der Waals surface area contributed by atoms with E-state index in [0.717, 1.165) is 16.4 Å². The third-order valence-corrected chi connectivity index (χ3v) is 10.1. The molecule has 0 amide bonds. The maximum absolute atomic E-state index is 5.04. The van der Waals surface area contributed by atoms with Gasteiger partial charge in [0.2, 0.25) is 0 Å². The largest absolute Gasteiger partial charge is 0.307 e. The molecule has 7 aromatic carbocycles. The molecule has 214 valence electrons. The van der Waals surface area contributed by atoms with Crippen LogP contribution in [0.5, 0.6) is 0 Å². The summed E-state index contributed by atoms with van der Waals surface area (Å²) in [4.78, 5) is 5.04. The molecule has 0 saturated heterocycles. The monoisotopic (exact) mass is 584 g/mol. The lowest BCUT2D eigenvalue weighted by Gasteiger charge is -2.33. The zero-order valence-corrected chi connectivity index (χ0v) is 25.1. The van der Waals surface area contributed by atoms with Gasteiger partial charge in [0.1, 0.15) is 0 Å². The molecule has 0 bridgehead atoms. The third kappa shape index (κ3) is 3.28. The first kappa shape index (κ1) is 25.3. The molecule has 0 unspecified atom stereocenters. The maximum Gasteiger partial charge on any atom is 0.0963 e. The van der Waals surface area contributed by atoms with Gasteiger partial charge in [0.15, 0.2) is 0 Å². The molecule has 9 aromatic rings. The van der Waals surface area contributed by atoms with Gasteiger partial charge < -0.3 is 4.57 Å². The van der Waals surface area contributed by atoms with Crippen molar-refractivity contribution < 1.29 is 0 Å². The average Bonchev–Trinajstić information content (AvgIpc) is 3.61. The molecule has 10 rings (SSSR count). The van der Waals surface area contributed by atoms with E-state index in [-0.39, 0.29) is 0 Å². The lowest BCUT2D eigenvalue weighted by Crippen LogP contribution is -2.28. The molecule has 0 spiro atoms. The van der Waals surface area contributed by atoms with E-state index in [0.29, 0.717) is 0 Å². The number of hydrogen-bond donors (Lipinski definition) is 0. The van der Waals surface area contributed by atoms with Crippen LogP contribution in [0.3, 0.4) is 0 Å². The van der Waals surface area contributed by atoms with E-state index in [1.807, 2.05) is 6.20 Å². The minimum atomic E-state index is -0.457. The molecular weight excluding hydrogens is 556 g/mol. The second-order valence-corrected chi connectivity index (χ2v) is 12.3. The van der Waals surface area contributed by atoms with Crippen LogP contribution in [0.2, 0.25) is 0 Å². The van der Waals surface area contributed by atoms with Crippen LogP contribution in [0.4, 0.5) is 0 Å². The van der Waals surface area contributed by atoms with Crippen LogP contribution in [0.1, 0.15) is 22.3 Å². The van der Waals surface area contributed by atoms with Crippen LogP contribution in [-0.4, -0.2) is 9.55 Å². The Hall–Kier alpha value is -5.99. The van der Waals surface area contributed by atoms with E-state index in [1.54, 1.807) is 0 Å². The summed E-state index contributed by atoms with van der Waals surface area (Å²) in [5.74, 6) is 0. The van der Waals surface area contributed by atoms with E-state index in [1.165, 1.54) is 66.1 Å². The summed E-state index contributed by atoms with van der Waals surface area (Å²) in [6, 6.07) is 60.0. The van der Waals surface area contributed by atoms with Crippen molar-refractivity contribution in [2.24, 2.45) is 0 Å². The first-order valence-corrected chi connectivity index (χ1v) is 15.9. The summed E-state index contributed by atoms with van der Waals surface area (Å²) in [6.07, 6.45) is 1.92. The van der Waals surface area contributed by atoms with Gasteiger partial charge in [0, 0.05) is 17.0 Å². The minimum absolute atomic E-state index is 0.457. The Labute approximate surface area is 266 Å². The molecule has 1 aliphatic rings. The Morgan fingerprint density at radius 1 is 0.435 bits per heavy atom. The fraction of sp³-hybridized carbons (Fsp3) is 0.0227. The quantitative estimate of drug-likeness (QED) is 0.189. The van der Waals surface area contributed by atoms with Gasteiger partial charge in [0.25, 0.3) is 0 Å². The highest BCUT2D eigenvalue weighted by Gasteiger charge is 2.46. The second-order valence-electron chi connectivity index (χ2n) is 12.3. The van der Waals surface area contributed by atoms with Gasteiger partial charge in [-0.05, 0) is 79.9 Å². The zero-order chi connectivity index (χ0) is 30.2. The molecule has 2 heterocycles. The number of rotatable bonds is 3. The summed E-state index contributed by atoms with van der Waals surface area (Å²) in [5.41, 5.74) is 11.7. The molecule has 0 fully saturated rings. The zero-order valence-electron chi connectivity index (χ0n) is 25.1. The normalized spacial score (nSPS) is 13.4. The van der Waals surface area contributed by atoms with E-state index in [4.69, 9.17) is 4.98 Å². The molecule has 1 aliphatic carbocycles. The highest BCUT2D eigenvalue weighted by Crippen LogP contribution is 2.57. The van der Waals surface area contributed by atoms with Crippen LogP contribution in [-0.2, 0) is 5.41 Å². The van der Waals surface area contributed by atoms with Gasteiger partial charge in [-0.15, -0.1) is 0 Å². The maximum atomic E-state index is 5.04. The van der Waals surface area contributed by atoms with Crippen LogP contribution in [0.25, 0.3) is 60.3 Å². The highest BCUT2D eigenvalue weighted by molar-refractivity contribution is 6.15. The van der Waals surface area contributed by atoms with Gasteiger partial charge in [-0.25, -0.2) is 0 Å². The summed E-state index contributed by atoms with van der Waals surface area (Å²) in [7, 11) is 0. The van der Waals surface area contributed by atoms with Crippen molar-refractivity contribution in [3.63, 3.8) is 0 Å². The summed E-state index contributed by atoms with van der Waals surface area (Å²) in [5, 5.41) is 6.15. The van der Waals surface area contributed by atoms with E-state index >= 15 is 0 Å². The molecule has 2 aromatic heterocycles. The van der Waals surface area contributed by atoms with Crippen molar-refractivity contribution in [3.8, 4) is 16.8 Å². The number of hydrogen-bond acceptors (Lipinski definition) is 1. The van der Waals surface area contributed by atoms with Crippen molar-refractivity contribution in [1.29, 1.82) is 0 Å². The lowest BCUT2D eigenvalue weighted by atomic mass is 9.67. The van der Waals surface area contributed by atoms with Crippen LogP contribution < -0.4 is 0 Å². The Kier molecular flexibility index (Phi) is 5.24. The van der Waals surface area contributed by atoms with E-state index in [9.17, 15) is 0 Å². The predicted molar refractivity (Wildman–Crippen MR) is 191 cm³/mol. The SMILES string of the molecule is c1ccc(C2(c3ccccc3)c3ccccc3-c3cc4c(cc32)c2ncccc2n4-c2cc3ccccc3c3ccccc23)cc1. The standard InChI is InChI=1S/C44H28N2/c1-3-15-30(16-4-1)44(31-17-5-2-6-18-31)38-23-12-11-21-34(38)36-28-42-37(27-39(36)44)43-40(24-13-25-45-43)46(42)41-26-29-14-7-8-19-32(29)33-20-9-10-22-35(33)41/h1-28H. The molecule has 0 radical (unpaired) electrons. The molecule has 2 nitrogen and oxygen atoms in total. The summed E-state index contributed by atoms with van der Waals surface area (Å²) in [6.45, 7) is 0. The molecule has 46 heavy (non-hydrogen) atoms. The van der Waals surface area contributed by atoms with Gasteiger partial charge >= 0.3 is 0 Å². The Morgan fingerprint density at radius 3 is 1.87 bits per heavy atom. The van der Waals surface area contributed by atoms with Crippen molar-refractivity contribution in [2.45, 2.75) is 5.41 Å². The van der Waals surface area contributed by atoms with Gasteiger partial charge in [0.05, 0.1) is 27.7 Å².